The highest BCUT2D eigenvalue weighted by molar-refractivity contribution is 5.93. The molecule has 1 saturated carbocycles. The fraction of sp³-hybridized carbons (Fsp3) is 0.500. The van der Waals surface area contributed by atoms with E-state index in [0.717, 1.165) is 6.42 Å². The van der Waals surface area contributed by atoms with Gasteiger partial charge in [0.15, 0.2) is 5.82 Å². The van der Waals surface area contributed by atoms with Crippen LogP contribution in [0, 0.1) is 0 Å². The summed E-state index contributed by atoms with van der Waals surface area (Å²) in [5, 5.41) is 18.0. The molecule has 1 fully saturated rings. The van der Waals surface area contributed by atoms with Crippen molar-refractivity contribution in [3.63, 3.8) is 0 Å². The molecule has 7 nitrogen and oxygen atoms in total. The van der Waals surface area contributed by atoms with E-state index in [1.807, 2.05) is 0 Å². The lowest BCUT2D eigenvalue weighted by atomic mass is 9.77. The van der Waals surface area contributed by atoms with Crippen molar-refractivity contribution in [1.29, 1.82) is 0 Å². The highest BCUT2D eigenvalue weighted by atomic mass is 16.4. The van der Waals surface area contributed by atoms with Gasteiger partial charge < -0.3 is 10.4 Å². The van der Waals surface area contributed by atoms with E-state index in [2.05, 4.69) is 15.7 Å². The van der Waals surface area contributed by atoms with Crippen LogP contribution < -0.4 is 10.6 Å². The quantitative estimate of drug-likeness (QED) is 0.716. The second-order valence-electron chi connectivity index (χ2n) is 4.19. The molecular formula is C10H14N4O3. The van der Waals surface area contributed by atoms with E-state index in [9.17, 15) is 9.59 Å². The van der Waals surface area contributed by atoms with E-state index >= 15 is 0 Å². The monoisotopic (exact) mass is 238 g/mol. The minimum Gasteiger partial charge on any atom is -0.480 e. The minimum atomic E-state index is -1.10. The molecule has 0 bridgehead atoms. The number of amides is 2. The van der Waals surface area contributed by atoms with Crippen LogP contribution in [-0.4, -0.2) is 32.4 Å². The van der Waals surface area contributed by atoms with Gasteiger partial charge in [0.2, 0.25) is 0 Å². The lowest BCUT2D eigenvalue weighted by Gasteiger charge is -2.37. The van der Waals surface area contributed by atoms with Crippen LogP contribution in [-0.2, 0) is 11.8 Å². The third-order valence-corrected chi connectivity index (χ3v) is 2.92. The summed E-state index contributed by atoms with van der Waals surface area (Å²) < 4.78 is 1.55. The standard InChI is InChI=1S/C10H14N4O3/c1-14-6-3-7(13-14)11-9(17)12-10(8(15)16)4-2-5-10/h3,6H,2,4-5H2,1H3,(H,15,16)(H2,11,12,13,17). The van der Waals surface area contributed by atoms with Crippen molar-refractivity contribution >= 4 is 17.8 Å². The van der Waals surface area contributed by atoms with E-state index in [0.29, 0.717) is 18.7 Å². The highest BCUT2D eigenvalue weighted by Crippen LogP contribution is 2.31. The molecule has 1 aromatic rings. The minimum absolute atomic E-state index is 0.393. The van der Waals surface area contributed by atoms with Gasteiger partial charge in [-0.2, -0.15) is 5.10 Å². The maximum atomic E-state index is 11.6. The van der Waals surface area contributed by atoms with Gasteiger partial charge in [-0.05, 0) is 19.3 Å². The van der Waals surface area contributed by atoms with Gasteiger partial charge in [-0.25, -0.2) is 9.59 Å². The van der Waals surface area contributed by atoms with Crippen LogP contribution >= 0.6 is 0 Å². The number of anilines is 1. The number of aryl methyl sites for hydroxylation is 1. The number of carbonyl (C=O) groups is 2. The number of carboxylic acid groups (broad SMARTS) is 1. The van der Waals surface area contributed by atoms with Crippen molar-refractivity contribution in [1.82, 2.24) is 15.1 Å². The maximum absolute atomic E-state index is 11.6. The number of hydrogen-bond acceptors (Lipinski definition) is 3. The van der Waals surface area contributed by atoms with Crippen molar-refractivity contribution in [2.24, 2.45) is 7.05 Å². The van der Waals surface area contributed by atoms with E-state index < -0.39 is 17.5 Å². The van der Waals surface area contributed by atoms with Gasteiger partial charge in [-0.15, -0.1) is 0 Å². The number of rotatable bonds is 3. The average Bonchev–Trinajstić information content (AvgIpc) is 2.57. The van der Waals surface area contributed by atoms with Crippen LogP contribution in [0.2, 0.25) is 0 Å². The molecule has 3 N–H and O–H groups in total. The first-order valence-corrected chi connectivity index (χ1v) is 5.34. The average molecular weight is 238 g/mol. The fourth-order valence-electron chi connectivity index (χ4n) is 1.77. The zero-order valence-corrected chi connectivity index (χ0v) is 9.43. The Morgan fingerprint density at radius 1 is 1.53 bits per heavy atom. The van der Waals surface area contributed by atoms with E-state index in [4.69, 9.17) is 5.11 Å². The predicted molar refractivity (Wildman–Crippen MR) is 59.6 cm³/mol. The number of aromatic nitrogens is 2. The van der Waals surface area contributed by atoms with Gasteiger partial charge >= 0.3 is 12.0 Å². The summed E-state index contributed by atoms with van der Waals surface area (Å²) in [5.41, 5.74) is -1.10. The van der Waals surface area contributed by atoms with Crippen LogP contribution in [0.5, 0.6) is 0 Å². The van der Waals surface area contributed by atoms with Gasteiger partial charge in [-0.1, -0.05) is 0 Å². The first kappa shape index (κ1) is 11.4. The molecule has 1 aliphatic carbocycles. The van der Waals surface area contributed by atoms with Gasteiger partial charge in [0.25, 0.3) is 0 Å². The number of aliphatic carboxylic acids is 1. The number of carbonyl (C=O) groups excluding carboxylic acids is 1. The summed E-state index contributed by atoms with van der Waals surface area (Å²) in [6.07, 6.45) is 3.44. The zero-order chi connectivity index (χ0) is 12.5. The Morgan fingerprint density at radius 3 is 2.65 bits per heavy atom. The molecule has 0 spiro atoms. The summed E-state index contributed by atoms with van der Waals surface area (Å²) >= 11 is 0. The van der Waals surface area contributed by atoms with Gasteiger partial charge in [-0.3, -0.25) is 10.00 Å². The van der Waals surface area contributed by atoms with Crippen LogP contribution in [0.15, 0.2) is 12.3 Å². The SMILES string of the molecule is Cn1ccc(NC(=O)NC2(C(=O)O)CCC2)n1. The Morgan fingerprint density at radius 2 is 2.24 bits per heavy atom. The van der Waals surface area contributed by atoms with Crippen molar-refractivity contribution in [3.05, 3.63) is 12.3 Å². The summed E-state index contributed by atoms with van der Waals surface area (Å²) in [7, 11) is 1.73. The molecule has 1 aliphatic rings. The molecular weight excluding hydrogens is 224 g/mol. The molecule has 7 heteroatoms. The molecule has 0 unspecified atom stereocenters. The Hall–Kier alpha value is -2.05. The molecule has 17 heavy (non-hydrogen) atoms. The normalized spacial score (nSPS) is 17.0. The highest BCUT2D eigenvalue weighted by Gasteiger charge is 2.45. The number of nitrogens with zero attached hydrogens (tertiary/aromatic N) is 2. The maximum Gasteiger partial charge on any atom is 0.329 e. The Labute approximate surface area is 97.8 Å². The van der Waals surface area contributed by atoms with E-state index in [1.165, 1.54) is 0 Å². The third kappa shape index (κ3) is 2.22. The zero-order valence-electron chi connectivity index (χ0n) is 9.43. The van der Waals surface area contributed by atoms with Crippen LogP contribution in [0.4, 0.5) is 10.6 Å². The van der Waals surface area contributed by atoms with Crippen LogP contribution in [0.1, 0.15) is 19.3 Å². The first-order valence-electron chi connectivity index (χ1n) is 5.34. The van der Waals surface area contributed by atoms with Crippen LogP contribution in [0.25, 0.3) is 0 Å². The molecule has 2 rings (SSSR count). The van der Waals surface area contributed by atoms with Gasteiger partial charge in [0.05, 0.1) is 0 Å². The molecule has 0 radical (unpaired) electrons. The second-order valence-corrected chi connectivity index (χ2v) is 4.19. The summed E-state index contributed by atoms with van der Waals surface area (Å²) in [4.78, 5) is 22.6. The van der Waals surface area contributed by atoms with E-state index in [-0.39, 0.29) is 0 Å². The topological polar surface area (TPSA) is 96.2 Å². The third-order valence-electron chi connectivity index (χ3n) is 2.92. The molecule has 0 aromatic carbocycles. The summed E-state index contributed by atoms with van der Waals surface area (Å²) in [6, 6.07) is 1.10. The summed E-state index contributed by atoms with van der Waals surface area (Å²) in [5.74, 6) is -0.593. The lowest BCUT2D eigenvalue weighted by Crippen LogP contribution is -2.60. The molecule has 92 valence electrons. The van der Waals surface area contributed by atoms with Crippen molar-refractivity contribution in [3.8, 4) is 0 Å². The molecule has 1 aromatic heterocycles. The lowest BCUT2D eigenvalue weighted by molar-refractivity contribution is -0.148. The molecule has 2 amide bonds. The number of carboxylic acids is 1. The Kier molecular flexibility index (Phi) is 2.74. The van der Waals surface area contributed by atoms with Crippen molar-refractivity contribution in [2.45, 2.75) is 24.8 Å². The van der Waals surface area contributed by atoms with Crippen LogP contribution in [0.3, 0.4) is 0 Å². The van der Waals surface area contributed by atoms with Gasteiger partial charge in [0, 0.05) is 19.3 Å². The largest absolute Gasteiger partial charge is 0.480 e. The Bertz CT molecular complexity index is 450. The molecule has 0 aliphatic heterocycles. The molecule has 0 atom stereocenters. The van der Waals surface area contributed by atoms with Gasteiger partial charge in [0.1, 0.15) is 5.54 Å². The smallest absolute Gasteiger partial charge is 0.329 e. The van der Waals surface area contributed by atoms with Crippen molar-refractivity contribution in [2.75, 3.05) is 5.32 Å². The van der Waals surface area contributed by atoms with Crippen molar-refractivity contribution < 1.29 is 14.7 Å². The number of urea groups is 1. The number of hydrogen-bond donors (Lipinski definition) is 3. The van der Waals surface area contributed by atoms with E-state index in [1.54, 1.807) is 24.0 Å². The molecule has 1 heterocycles. The first-order chi connectivity index (χ1) is 8.02. The molecule has 0 saturated heterocycles. The number of nitrogens with one attached hydrogen (secondary N) is 2. The second kappa shape index (κ2) is 4.08. The Balaban J connectivity index is 1.95. The fourth-order valence-corrected chi connectivity index (χ4v) is 1.77. The summed E-state index contributed by atoms with van der Waals surface area (Å²) in [6.45, 7) is 0. The predicted octanol–water partition coefficient (Wildman–Crippen LogP) is 0.549.